The third-order valence-electron chi connectivity index (χ3n) is 3.20. The maximum atomic E-state index is 7.25. The van der Waals surface area contributed by atoms with Crippen LogP contribution in [0.1, 0.15) is 23.2 Å². The first-order valence-electron chi connectivity index (χ1n) is 6.18. The molecule has 0 spiro atoms. The Balaban J connectivity index is 1.79. The molecule has 19 heavy (non-hydrogen) atoms. The van der Waals surface area contributed by atoms with Gasteiger partial charge in [-0.15, -0.1) is 0 Å². The van der Waals surface area contributed by atoms with Crippen molar-refractivity contribution in [2.45, 2.75) is 19.3 Å². The maximum Gasteiger partial charge on any atom is 0.237 e. The molecular weight excluding hydrogens is 240 g/mol. The molecule has 0 radical (unpaired) electrons. The molecule has 1 aliphatic rings. The summed E-state index contributed by atoms with van der Waals surface area (Å²) in [7, 11) is 0. The minimum atomic E-state index is -0.100. The lowest BCUT2D eigenvalue weighted by Gasteiger charge is -2.06. The predicted octanol–water partition coefficient (Wildman–Crippen LogP) is 2.04. The highest BCUT2D eigenvalue weighted by Crippen LogP contribution is 2.27. The second kappa shape index (κ2) is 4.68. The minimum Gasteiger partial charge on any atom is -0.437 e. The second-order valence-electron chi connectivity index (χ2n) is 4.54. The summed E-state index contributed by atoms with van der Waals surface area (Å²) >= 11 is 0. The Morgan fingerprint density at radius 2 is 2.00 bits per heavy atom. The van der Waals surface area contributed by atoms with E-state index in [1.54, 1.807) is 0 Å². The molecule has 5 nitrogen and oxygen atoms in total. The maximum absolute atomic E-state index is 7.25. The van der Waals surface area contributed by atoms with Crippen LogP contribution >= 0.6 is 0 Å². The number of amidine groups is 1. The highest BCUT2D eigenvalue weighted by Gasteiger charge is 2.11. The van der Waals surface area contributed by atoms with Crippen LogP contribution in [0.15, 0.2) is 30.6 Å². The van der Waals surface area contributed by atoms with E-state index in [2.05, 4.69) is 22.1 Å². The van der Waals surface area contributed by atoms with Gasteiger partial charge in [-0.1, -0.05) is 6.07 Å². The lowest BCUT2D eigenvalue weighted by atomic mass is 10.1. The first-order valence-corrected chi connectivity index (χ1v) is 6.18. The topological polar surface area (TPSA) is 84.9 Å². The van der Waals surface area contributed by atoms with Gasteiger partial charge in [0.05, 0.1) is 12.4 Å². The number of hydrogen-bond acceptors (Lipinski definition) is 4. The summed E-state index contributed by atoms with van der Waals surface area (Å²) in [4.78, 5) is 8.09. The lowest BCUT2D eigenvalue weighted by Crippen LogP contribution is -2.13. The third kappa shape index (κ3) is 2.40. The molecule has 0 amide bonds. The highest BCUT2D eigenvalue weighted by atomic mass is 16.5. The zero-order valence-electron chi connectivity index (χ0n) is 10.4. The van der Waals surface area contributed by atoms with E-state index < -0.39 is 0 Å². The van der Waals surface area contributed by atoms with E-state index in [4.69, 9.17) is 15.9 Å². The Labute approximate surface area is 111 Å². The molecule has 0 unspecified atom stereocenters. The number of aryl methyl sites for hydroxylation is 2. The molecule has 2 aromatic rings. The minimum absolute atomic E-state index is 0.100. The second-order valence-corrected chi connectivity index (χ2v) is 4.54. The molecule has 1 heterocycles. The summed E-state index contributed by atoms with van der Waals surface area (Å²) in [6, 6.07) is 6.11. The van der Waals surface area contributed by atoms with Gasteiger partial charge in [-0.3, -0.25) is 5.41 Å². The van der Waals surface area contributed by atoms with Crippen LogP contribution in [0, 0.1) is 5.41 Å². The Hall–Kier alpha value is -2.43. The molecule has 0 bridgehead atoms. The number of nitrogens with zero attached hydrogens (tertiary/aromatic N) is 2. The van der Waals surface area contributed by atoms with E-state index in [-0.39, 0.29) is 5.84 Å². The lowest BCUT2D eigenvalue weighted by molar-refractivity contribution is 0.459. The van der Waals surface area contributed by atoms with Crippen LogP contribution < -0.4 is 10.5 Å². The molecule has 3 rings (SSSR count). The normalized spacial score (nSPS) is 13.1. The van der Waals surface area contributed by atoms with Crippen LogP contribution in [0.2, 0.25) is 0 Å². The monoisotopic (exact) mass is 254 g/mol. The first-order chi connectivity index (χ1) is 9.22. The molecule has 1 aromatic carbocycles. The quantitative estimate of drug-likeness (QED) is 0.648. The zero-order chi connectivity index (χ0) is 13.2. The fraction of sp³-hybridized carbons (Fsp3) is 0.214. The summed E-state index contributed by atoms with van der Waals surface area (Å²) in [6.07, 6.45) is 6.39. The standard InChI is InChI=1S/C14H14N4O/c15-14(16)12-7-18-13(8-17-12)19-11-5-4-9-2-1-3-10(9)6-11/h4-8H,1-3H2,(H3,15,16). The molecule has 0 aliphatic heterocycles. The summed E-state index contributed by atoms with van der Waals surface area (Å²) in [6.45, 7) is 0. The van der Waals surface area contributed by atoms with Gasteiger partial charge in [0.15, 0.2) is 0 Å². The molecule has 0 fully saturated rings. The van der Waals surface area contributed by atoms with Gasteiger partial charge in [0.25, 0.3) is 0 Å². The van der Waals surface area contributed by atoms with E-state index in [1.807, 2.05) is 6.07 Å². The number of hydrogen-bond donors (Lipinski definition) is 2. The van der Waals surface area contributed by atoms with Crippen molar-refractivity contribution in [3.05, 3.63) is 47.4 Å². The largest absolute Gasteiger partial charge is 0.437 e. The molecule has 0 atom stereocenters. The smallest absolute Gasteiger partial charge is 0.237 e. The van der Waals surface area contributed by atoms with Gasteiger partial charge in [0.1, 0.15) is 17.3 Å². The molecule has 1 aliphatic carbocycles. The Morgan fingerprint density at radius 1 is 1.16 bits per heavy atom. The molecular formula is C14H14N4O. The molecule has 96 valence electrons. The first kappa shape index (κ1) is 11.6. The van der Waals surface area contributed by atoms with Crippen LogP contribution in [0.25, 0.3) is 0 Å². The molecule has 0 saturated carbocycles. The van der Waals surface area contributed by atoms with E-state index in [1.165, 1.54) is 29.9 Å². The van der Waals surface area contributed by atoms with Crippen molar-refractivity contribution in [1.82, 2.24) is 9.97 Å². The Bertz CT molecular complexity index is 622. The van der Waals surface area contributed by atoms with E-state index in [9.17, 15) is 0 Å². The number of aromatic nitrogens is 2. The number of nitrogen functional groups attached to an aromatic ring is 1. The summed E-state index contributed by atoms with van der Waals surface area (Å²) in [5, 5.41) is 7.25. The summed E-state index contributed by atoms with van der Waals surface area (Å²) < 4.78 is 5.65. The van der Waals surface area contributed by atoms with Crippen molar-refractivity contribution in [1.29, 1.82) is 5.41 Å². The van der Waals surface area contributed by atoms with Gasteiger partial charge in [-0.25, -0.2) is 9.97 Å². The Kier molecular flexibility index (Phi) is 2.87. The van der Waals surface area contributed by atoms with Crippen LogP contribution in [-0.2, 0) is 12.8 Å². The summed E-state index contributed by atoms with van der Waals surface area (Å²) in [5.74, 6) is 1.07. The number of benzene rings is 1. The van der Waals surface area contributed by atoms with Crippen molar-refractivity contribution < 1.29 is 4.74 Å². The van der Waals surface area contributed by atoms with Gasteiger partial charge in [-0.05, 0) is 42.5 Å². The Morgan fingerprint density at radius 3 is 2.74 bits per heavy atom. The fourth-order valence-corrected chi connectivity index (χ4v) is 2.24. The van der Waals surface area contributed by atoms with Crippen molar-refractivity contribution in [3.8, 4) is 11.6 Å². The van der Waals surface area contributed by atoms with Gasteiger partial charge in [0.2, 0.25) is 5.88 Å². The number of fused-ring (bicyclic) bond motifs is 1. The van der Waals surface area contributed by atoms with Crippen molar-refractivity contribution in [2.75, 3.05) is 0 Å². The van der Waals surface area contributed by atoms with Crippen LogP contribution in [0.5, 0.6) is 11.6 Å². The van der Waals surface area contributed by atoms with Crippen molar-refractivity contribution >= 4 is 5.84 Å². The van der Waals surface area contributed by atoms with Crippen LogP contribution in [0.3, 0.4) is 0 Å². The van der Waals surface area contributed by atoms with Gasteiger partial charge in [0, 0.05) is 0 Å². The molecule has 5 heteroatoms. The molecule has 3 N–H and O–H groups in total. The van der Waals surface area contributed by atoms with Crippen molar-refractivity contribution in [3.63, 3.8) is 0 Å². The van der Waals surface area contributed by atoms with E-state index in [0.717, 1.165) is 18.6 Å². The average molecular weight is 254 g/mol. The number of nitrogens with two attached hydrogens (primary N) is 1. The van der Waals surface area contributed by atoms with Crippen LogP contribution in [-0.4, -0.2) is 15.8 Å². The van der Waals surface area contributed by atoms with Gasteiger partial charge in [-0.2, -0.15) is 0 Å². The SMILES string of the molecule is N=C(N)c1cnc(Oc2ccc3c(c2)CCC3)cn1. The number of nitrogens with one attached hydrogen (secondary N) is 1. The number of rotatable bonds is 3. The van der Waals surface area contributed by atoms with E-state index in [0.29, 0.717) is 11.6 Å². The average Bonchev–Trinajstić information content (AvgIpc) is 2.87. The van der Waals surface area contributed by atoms with Crippen molar-refractivity contribution in [2.24, 2.45) is 5.73 Å². The van der Waals surface area contributed by atoms with E-state index >= 15 is 0 Å². The summed E-state index contributed by atoms with van der Waals surface area (Å²) in [5.41, 5.74) is 8.43. The van der Waals surface area contributed by atoms with Gasteiger partial charge < -0.3 is 10.5 Å². The molecule has 0 saturated heterocycles. The fourth-order valence-electron chi connectivity index (χ4n) is 2.24. The van der Waals surface area contributed by atoms with Crippen LogP contribution in [0.4, 0.5) is 0 Å². The third-order valence-corrected chi connectivity index (χ3v) is 3.20. The predicted molar refractivity (Wildman–Crippen MR) is 71.6 cm³/mol. The highest BCUT2D eigenvalue weighted by molar-refractivity contribution is 5.92. The zero-order valence-corrected chi connectivity index (χ0v) is 10.4. The molecule has 1 aromatic heterocycles. The number of ether oxygens (including phenoxy) is 1. The van der Waals surface area contributed by atoms with Gasteiger partial charge >= 0.3 is 0 Å².